The van der Waals surface area contributed by atoms with E-state index in [1.165, 1.54) is 17.9 Å². The lowest BCUT2D eigenvalue weighted by Crippen LogP contribution is -2.33. The van der Waals surface area contributed by atoms with Crippen molar-refractivity contribution >= 4 is 11.8 Å². The van der Waals surface area contributed by atoms with Crippen molar-refractivity contribution in [2.75, 3.05) is 11.5 Å². The lowest BCUT2D eigenvalue weighted by Gasteiger charge is -2.22. The highest BCUT2D eigenvalue weighted by Crippen LogP contribution is 2.30. The van der Waals surface area contributed by atoms with E-state index in [2.05, 4.69) is 10.4 Å². The first-order valence-corrected chi connectivity index (χ1v) is 7.03. The van der Waals surface area contributed by atoms with Gasteiger partial charge in [-0.1, -0.05) is 0 Å². The number of nitrogens with zero attached hydrogens (tertiary/aromatic N) is 2. The van der Waals surface area contributed by atoms with Crippen LogP contribution in [0.3, 0.4) is 0 Å². The number of hydrogen-bond acceptors (Lipinski definition) is 3. The quantitative estimate of drug-likeness (QED) is 0.921. The Hall–Kier alpha value is -0.690. The summed E-state index contributed by atoms with van der Waals surface area (Å²) in [5, 5.41) is 6.68. The van der Waals surface area contributed by atoms with Gasteiger partial charge in [0.25, 0.3) is 0 Å². The number of halogens is 3. The molecule has 1 N–H and O–H groups in total. The second-order valence-corrected chi connectivity index (χ2v) is 5.62. The third-order valence-corrected chi connectivity index (χ3v) is 4.13. The van der Waals surface area contributed by atoms with Crippen LogP contribution in [0, 0.1) is 0 Å². The molecule has 2 rings (SSSR count). The molecule has 2 heterocycles. The molecule has 18 heavy (non-hydrogen) atoms. The summed E-state index contributed by atoms with van der Waals surface area (Å²) in [5.74, 6) is 2.13. The number of alkyl halides is 3. The lowest BCUT2D eigenvalue weighted by atomic mass is 10.1. The molecule has 1 saturated heterocycles. The summed E-state index contributed by atoms with van der Waals surface area (Å²) in [6.07, 6.45) is -0.776. The smallest absolute Gasteiger partial charge is 0.309 e. The van der Waals surface area contributed by atoms with Crippen molar-refractivity contribution < 1.29 is 13.2 Å². The number of nitrogens with one attached hydrogen (secondary N) is 1. The van der Waals surface area contributed by atoms with Gasteiger partial charge in [-0.2, -0.15) is 30.0 Å². The van der Waals surface area contributed by atoms with Gasteiger partial charge in [-0.3, -0.25) is 4.68 Å². The topological polar surface area (TPSA) is 29.9 Å². The molecule has 0 bridgehead atoms. The Morgan fingerprint density at radius 1 is 1.56 bits per heavy atom. The van der Waals surface area contributed by atoms with Gasteiger partial charge in [-0.15, -0.1) is 0 Å². The predicted molar refractivity (Wildman–Crippen MR) is 65.4 cm³/mol. The minimum absolute atomic E-state index is 0.223. The first-order valence-electron chi connectivity index (χ1n) is 5.87. The maximum atomic E-state index is 12.7. The minimum Gasteiger partial charge on any atom is -0.309 e. The summed E-state index contributed by atoms with van der Waals surface area (Å²) < 4.78 is 39.4. The Bertz CT molecular complexity index is 397. The molecule has 0 unspecified atom stereocenters. The standard InChI is InChI=1S/C11H16F3N3S/c1-17-6-8(10(16-17)11(12,13)14)5-15-9-3-2-4-18-7-9/h6,9,15H,2-5,7H2,1H3/t9-/m1/s1. The number of thioether (sulfide) groups is 1. The molecule has 102 valence electrons. The molecule has 7 heteroatoms. The zero-order valence-electron chi connectivity index (χ0n) is 10.1. The van der Waals surface area contributed by atoms with E-state index in [-0.39, 0.29) is 12.1 Å². The third-order valence-electron chi connectivity index (χ3n) is 2.91. The summed E-state index contributed by atoms with van der Waals surface area (Å²) in [6, 6.07) is 0.310. The fraction of sp³-hybridized carbons (Fsp3) is 0.727. The summed E-state index contributed by atoms with van der Waals surface area (Å²) >= 11 is 1.85. The molecule has 1 aliphatic rings. The van der Waals surface area contributed by atoms with E-state index in [9.17, 15) is 13.2 Å². The van der Waals surface area contributed by atoms with Crippen LogP contribution >= 0.6 is 11.8 Å². The van der Waals surface area contributed by atoms with Gasteiger partial charge >= 0.3 is 6.18 Å². The number of aromatic nitrogens is 2. The Balaban J connectivity index is 2.00. The average molecular weight is 279 g/mol. The monoisotopic (exact) mass is 279 g/mol. The fourth-order valence-electron chi connectivity index (χ4n) is 2.06. The average Bonchev–Trinajstić information content (AvgIpc) is 2.69. The Labute approximate surface area is 108 Å². The summed E-state index contributed by atoms with van der Waals surface area (Å²) in [5.41, 5.74) is -0.554. The van der Waals surface area contributed by atoms with E-state index < -0.39 is 11.9 Å². The van der Waals surface area contributed by atoms with Crippen LogP contribution in [0.2, 0.25) is 0 Å². The molecule has 0 saturated carbocycles. The molecule has 0 aromatic carbocycles. The Morgan fingerprint density at radius 3 is 2.94 bits per heavy atom. The molecule has 0 aliphatic carbocycles. The van der Waals surface area contributed by atoms with Gasteiger partial charge in [0.1, 0.15) is 0 Å². The summed E-state index contributed by atoms with van der Waals surface area (Å²) in [6.45, 7) is 0.230. The molecule has 1 fully saturated rings. The van der Waals surface area contributed by atoms with Crippen molar-refractivity contribution in [1.82, 2.24) is 15.1 Å². The zero-order valence-corrected chi connectivity index (χ0v) is 10.9. The highest BCUT2D eigenvalue weighted by Gasteiger charge is 2.36. The highest BCUT2D eigenvalue weighted by atomic mass is 32.2. The second kappa shape index (κ2) is 5.52. The van der Waals surface area contributed by atoms with Gasteiger partial charge in [0, 0.05) is 37.1 Å². The number of aryl methyl sites for hydroxylation is 1. The molecular formula is C11H16F3N3S. The SMILES string of the molecule is Cn1cc(CN[C@@H]2CCCSC2)c(C(F)(F)F)n1. The van der Waals surface area contributed by atoms with Gasteiger partial charge < -0.3 is 5.32 Å². The molecule has 0 radical (unpaired) electrons. The van der Waals surface area contributed by atoms with Crippen molar-refractivity contribution in [3.63, 3.8) is 0 Å². The van der Waals surface area contributed by atoms with Crippen molar-refractivity contribution in [2.24, 2.45) is 7.05 Å². The van der Waals surface area contributed by atoms with Crippen LogP contribution in [-0.4, -0.2) is 27.3 Å². The van der Waals surface area contributed by atoms with Gasteiger partial charge in [-0.25, -0.2) is 0 Å². The lowest BCUT2D eigenvalue weighted by molar-refractivity contribution is -0.142. The van der Waals surface area contributed by atoms with E-state index >= 15 is 0 Å². The Kier molecular flexibility index (Phi) is 4.21. The second-order valence-electron chi connectivity index (χ2n) is 4.47. The van der Waals surface area contributed by atoms with Crippen LogP contribution in [-0.2, 0) is 19.8 Å². The normalized spacial score (nSPS) is 21.2. The fourth-order valence-corrected chi connectivity index (χ4v) is 3.17. The van der Waals surface area contributed by atoms with Crippen molar-refractivity contribution in [3.05, 3.63) is 17.5 Å². The molecule has 1 aromatic rings. The molecule has 0 spiro atoms. The van der Waals surface area contributed by atoms with Crippen LogP contribution < -0.4 is 5.32 Å². The highest BCUT2D eigenvalue weighted by molar-refractivity contribution is 7.99. The largest absolute Gasteiger partial charge is 0.435 e. The molecule has 1 atom stereocenters. The Morgan fingerprint density at radius 2 is 2.33 bits per heavy atom. The maximum Gasteiger partial charge on any atom is 0.435 e. The molecular weight excluding hydrogens is 263 g/mol. The first kappa shape index (κ1) is 13.7. The van der Waals surface area contributed by atoms with Crippen molar-refractivity contribution in [1.29, 1.82) is 0 Å². The van der Waals surface area contributed by atoms with Crippen molar-refractivity contribution in [3.8, 4) is 0 Å². The third kappa shape index (κ3) is 3.41. The first-order chi connectivity index (χ1) is 8.47. The van der Waals surface area contributed by atoms with Crippen LogP contribution in [0.5, 0.6) is 0 Å². The molecule has 1 aromatic heterocycles. The van der Waals surface area contributed by atoms with E-state index in [0.717, 1.165) is 24.3 Å². The zero-order chi connectivity index (χ0) is 13.2. The number of hydrogen-bond donors (Lipinski definition) is 1. The number of rotatable bonds is 3. The molecule has 1 aliphatic heterocycles. The van der Waals surface area contributed by atoms with Gasteiger partial charge in [0.15, 0.2) is 5.69 Å². The van der Waals surface area contributed by atoms with Gasteiger partial charge in [0.05, 0.1) is 0 Å². The van der Waals surface area contributed by atoms with E-state index in [1.807, 2.05) is 11.8 Å². The van der Waals surface area contributed by atoms with Gasteiger partial charge in [0.2, 0.25) is 0 Å². The van der Waals surface area contributed by atoms with Crippen LogP contribution in [0.25, 0.3) is 0 Å². The summed E-state index contributed by atoms with van der Waals surface area (Å²) in [7, 11) is 1.51. The van der Waals surface area contributed by atoms with Crippen LogP contribution in [0.4, 0.5) is 13.2 Å². The van der Waals surface area contributed by atoms with Gasteiger partial charge in [-0.05, 0) is 18.6 Å². The van der Waals surface area contributed by atoms with E-state index in [4.69, 9.17) is 0 Å². The van der Waals surface area contributed by atoms with Crippen molar-refractivity contribution in [2.45, 2.75) is 31.6 Å². The molecule has 3 nitrogen and oxygen atoms in total. The minimum atomic E-state index is -4.38. The predicted octanol–water partition coefficient (Wildman–Crippen LogP) is 2.42. The van der Waals surface area contributed by atoms with E-state index in [0.29, 0.717) is 6.04 Å². The van der Waals surface area contributed by atoms with Crippen LogP contribution in [0.15, 0.2) is 6.20 Å². The summed E-state index contributed by atoms with van der Waals surface area (Å²) in [4.78, 5) is 0. The molecule has 0 amide bonds. The van der Waals surface area contributed by atoms with Crippen LogP contribution in [0.1, 0.15) is 24.1 Å². The van der Waals surface area contributed by atoms with E-state index in [1.54, 1.807) is 0 Å². The maximum absolute atomic E-state index is 12.7.